The van der Waals surface area contributed by atoms with Crippen LogP contribution >= 0.6 is 11.6 Å². The van der Waals surface area contributed by atoms with E-state index in [1.165, 1.54) is 11.1 Å². The summed E-state index contributed by atoms with van der Waals surface area (Å²) >= 11 is 6.07. The van der Waals surface area contributed by atoms with Gasteiger partial charge >= 0.3 is 5.97 Å². The fourth-order valence-electron chi connectivity index (χ4n) is 4.66. The minimum absolute atomic E-state index is 0.162. The Labute approximate surface area is 123 Å². The molecule has 0 amide bonds. The first-order valence-corrected chi connectivity index (χ1v) is 7.81. The molecule has 0 radical (unpaired) electrons. The van der Waals surface area contributed by atoms with Crippen LogP contribution in [0.1, 0.15) is 42.9 Å². The number of hydrogen-bond donors (Lipinski definition) is 1. The lowest BCUT2D eigenvalue weighted by Crippen LogP contribution is -2.35. The molecular weight excluding hydrogens is 274 g/mol. The van der Waals surface area contributed by atoms with Crippen LogP contribution in [-0.2, 0) is 11.2 Å². The first-order chi connectivity index (χ1) is 9.65. The first-order valence-electron chi connectivity index (χ1n) is 7.43. The van der Waals surface area contributed by atoms with Gasteiger partial charge in [-0.05, 0) is 55.4 Å². The zero-order valence-corrected chi connectivity index (χ0v) is 12.0. The van der Waals surface area contributed by atoms with Gasteiger partial charge in [-0.15, -0.1) is 0 Å². The predicted molar refractivity (Wildman–Crippen MR) is 76.9 cm³/mol. The standard InChI is InChI=1S/C16H18ClNO2/c17-10-2-4-12-9(7-10)1-5-14(12)18-11-3-6-15(18)13(8-11)16(19)20/h2,4,7,11,13-15H,1,3,5-6,8H2,(H,19,20). The van der Waals surface area contributed by atoms with E-state index in [9.17, 15) is 9.90 Å². The number of carbonyl (C=O) groups is 1. The zero-order valence-electron chi connectivity index (χ0n) is 11.3. The first kappa shape index (κ1) is 12.7. The van der Waals surface area contributed by atoms with E-state index in [2.05, 4.69) is 17.0 Å². The number of halogens is 1. The van der Waals surface area contributed by atoms with E-state index >= 15 is 0 Å². The lowest BCUT2D eigenvalue weighted by molar-refractivity contribution is -0.142. The number of rotatable bonds is 2. The van der Waals surface area contributed by atoms with E-state index in [4.69, 9.17) is 11.6 Å². The molecule has 2 bridgehead atoms. The van der Waals surface area contributed by atoms with E-state index in [0.29, 0.717) is 12.1 Å². The molecule has 4 rings (SSSR count). The van der Waals surface area contributed by atoms with Crippen LogP contribution in [0.5, 0.6) is 0 Å². The fourth-order valence-corrected chi connectivity index (χ4v) is 4.85. The minimum atomic E-state index is -0.614. The number of carboxylic acid groups (broad SMARTS) is 1. The molecule has 2 aliphatic heterocycles. The van der Waals surface area contributed by atoms with Gasteiger partial charge < -0.3 is 5.11 Å². The van der Waals surface area contributed by atoms with Crippen molar-refractivity contribution >= 4 is 17.6 Å². The third kappa shape index (κ3) is 1.73. The maximum atomic E-state index is 11.4. The Balaban J connectivity index is 1.66. The number of hydrogen-bond acceptors (Lipinski definition) is 2. The van der Waals surface area contributed by atoms with E-state index in [-0.39, 0.29) is 12.0 Å². The minimum Gasteiger partial charge on any atom is -0.481 e. The smallest absolute Gasteiger partial charge is 0.308 e. The van der Waals surface area contributed by atoms with Crippen LogP contribution < -0.4 is 0 Å². The van der Waals surface area contributed by atoms with E-state index in [1.54, 1.807) is 0 Å². The van der Waals surface area contributed by atoms with Gasteiger partial charge in [-0.3, -0.25) is 9.69 Å². The summed E-state index contributed by atoms with van der Waals surface area (Å²) < 4.78 is 0. The van der Waals surface area contributed by atoms with Crippen LogP contribution in [0.25, 0.3) is 0 Å². The summed E-state index contributed by atoms with van der Waals surface area (Å²) in [6, 6.07) is 7.29. The summed E-state index contributed by atoms with van der Waals surface area (Å²) in [5, 5.41) is 10.2. The molecule has 4 heteroatoms. The van der Waals surface area contributed by atoms with Gasteiger partial charge in [0.2, 0.25) is 0 Å². The number of aryl methyl sites for hydroxylation is 1. The van der Waals surface area contributed by atoms with Crippen molar-refractivity contribution in [2.24, 2.45) is 5.92 Å². The predicted octanol–water partition coefficient (Wildman–Crippen LogP) is 3.26. The van der Waals surface area contributed by atoms with Gasteiger partial charge in [-0.1, -0.05) is 17.7 Å². The molecule has 1 aliphatic carbocycles. The molecule has 2 fully saturated rings. The van der Waals surface area contributed by atoms with Crippen LogP contribution in [0.3, 0.4) is 0 Å². The highest BCUT2D eigenvalue weighted by Gasteiger charge is 2.52. The average Bonchev–Trinajstić information content (AvgIpc) is 3.08. The van der Waals surface area contributed by atoms with Gasteiger partial charge in [0.1, 0.15) is 0 Å². The number of fused-ring (bicyclic) bond motifs is 3. The van der Waals surface area contributed by atoms with Crippen molar-refractivity contribution in [3.8, 4) is 0 Å². The lowest BCUT2D eigenvalue weighted by atomic mass is 9.89. The van der Waals surface area contributed by atoms with Crippen molar-refractivity contribution in [2.75, 3.05) is 0 Å². The monoisotopic (exact) mass is 291 g/mol. The van der Waals surface area contributed by atoms with E-state index in [0.717, 1.165) is 37.1 Å². The Hall–Kier alpha value is -1.06. The molecule has 2 heterocycles. The number of benzene rings is 1. The highest BCUT2D eigenvalue weighted by Crippen LogP contribution is 2.50. The lowest BCUT2D eigenvalue weighted by Gasteiger charge is -2.30. The zero-order chi connectivity index (χ0) is 13.9. The van der Waals surface area contributed by atoms with Crippen LogP contribution in [0.4, 0.5) is 0 Å². The van der Waals surface area contributed by atoms with Gasteiger partial charge in [0, 0.05) is 23.1 Å². The molecule has 4 unspecified atom stereocenters. The highest BCUT2D eigenvalue weighted by molar-refractivity contribution is 6.30. The SMILES string of the molecule is O=C(O)C1CC2CCC1N2C1CCc2cc(Cl)ccc21. The second-order valence-corrected chi connectivity index (χ2v) is 6.76. The quantitative estimate of drug-likeness (QED) is 0.909. The molecule has 4 atom stereocenters. The van der Waals surface area contributed by atoms with Crippen LogP contribution in [-0.4, -0.2) is 28.1 Å². The fraction of sp³-hybridized carbons (Fsp3) is 0.562. The molecule has 3 aliphatic rings. The van der Waals surface area contributed by atoms with Gasteiger partial charge in [0.05, 0.1) is 5.92 Å². The van der Waals surface area contributed by atoms with Crippen LogP contribution in [0.15, 0.2) is 18.2 Å². The molecule has 3 nitrogen and oxygen atoms in total. The number of aliphatic carboxylic acids is 1. The second kappa shape index (κ2) is 4.47. The topological polar surface area (TPSA) is 40.5 Å². The highest BCUT2D eigenvalue weighted by atomic mass is 35.5. The number of nitrogens with zero attached hydrogens (tertiary/aromatic N) is 1. The van der Waals surface area contributed by atoms with Crippen molar-refractivity contribution in [1.82, 2.24) is 4.90 Å². The Morgan fingerprint density at radius 2 is 2.15 bits per heavy atom. The van der Waals surface area contributed by atoms with Crippen LogP contribution in [0.2, 0.25) is 5.02 Å². The Kier molecular flexibility index (Phi) is 2.83. The molecule has 0 spiro atoms. The molecule has 1 aromatic rings. The van der Waals surface area contributed by atoms with Crippen molar-refractivity contribution in [2.45, 2.75) is 50.2 Å². The summed E-state index contributed by atoms with van der Waals surface area (Å²) in [6.07, 6.45) is 5.21. The Bertz CT molecular complexity index is 574. The van der Waals surface area contributed by atoms with Crippen LogP contribution in [0, 0.1) is 5.92 Å². The Morgan fingerprint density at radius 1 is 1.30 bits per heavy atom. The van der Waals surface area contributed by atoms with E-state index < -0.39 is 5.97 Å². The molecule has 1 aromatic carbocycles. The summed E-state index contributed by atoms with van der Waals surface area (Å²) in [5.41, 5.74) is 2.72. The second-order valence-electron chi connectivity index (χ2n) is 6.32. The molecule has 20 heavy (non-hydrogen) atoms. The van der Waals surface area contributed by atoms with Gasteiger partial charge in [-0.2, -0.15) is 0 Å². The van der Waals surface area contributed by atoms with Crippen molar-refractivity contribution < 1.29 is 9.90 Å². The summed E-state index contributed by atoms with van der Waals surface area (Å²) in [7, 11) is 0. The maximum Gasteiger partial charge on any atom is 0.308 e. The summed E-state index contributed by atoms with van der Waals surface area (Å²) in [4.78, 5) is 13.9. The molecule has 106 valence electrons. The van der Waals surface area contributed by atoms with Gasteiger partial charge in [-0.25, -0.2) is 0 Å². The molecule has 0 aromatic heterocycles. The molecule has 2 saturated heterocycles. The summed E-state index contributed by atoms with van der Waals surface area (Å²) in [6.45, 7) is 0. The normalized spacial score (nSPS) is 35.5. The maximum absolute atomic E-state index is 11.4. The van der Waals surface area contributed by atoms with E-state index in [1.807, 2.05) is 6.07 Å². The molecule has 1 N–H and O–H groups in total. The van der Waals surface area contributed by atoms with Gasteiger partial charge in [0.15, 0.2) is 0 Å². The third-order valence-electron chi connectivity index (χ3n) is 5.42. The third-order valence-corrected chi connectivity index (χ3v) is 5.65. The number of carboxylic acids is 1. The van der Waals surface area contributed by atoms with Crippen molar-refractivity contribution in [1.29, 1.82) is 0 Å². The largest absolute Gasteiger partial charge is 0.481 e. The summed E-state index contributed by atoms with van der Waals surface area (Å²) in [5.74, 6) is -0.776. The van der Waals surface area contributed by atoms with Crippen molar-refractivity contribution in [3.63, 3.8) is 0 Å². The molecular formula is C16H18ClNO2. The molecule has 0 saturated carbocycles. The van der Waals surface area contributed by atoms with Crippen molar-refractivity contribution in [3.05, 3.63) is 34.3 Å². The average molecular weight is 292 g/mol. The van der Waals surface area contributed by atoms with Gasteiger partial charge in [0.25, 0.3) is 0 Å². The Morgan fingerprint density at radius 3 is 2.90 bits per heavy atom.